The van der Waals surface area contributed by atoms with Gasteiger partial charge in [-0.25, -0.2) is 8.78 Å². The van der Waals surface area contributed by atoms with Crippen LogP contribution in [0, 0.1) is 11.6 Å². The van der Waals surface area contributed by atoms with Crippen molar-refractivity contribution in [3.8, 4) is 0 Å². The molecule has 2 nitrogen and oxygen atoms in total. The Morgan fingerprint density at radius 1 is 1.10 bits per heavy atom. The van der Waals surface area contributed by atoms with Gasteiger partial charge in [-0.05, 0) is 25.0 Å². The monoisotopic (exact) mass is 291 g/mol. The van der Waals surface area contributed by atoms with Gasteiger partial charge in [0.15, 0.2) is 0 Å². The van der Waals surface area contributed by atoms with Crippen molar-refractivity contribution in [1.29, 1.82) is 0 Å². The summed E-state index contributed by atoms with van der Waals surface area (Å²) in [6.07, 6.45) is 0.643. The zero-order valence-electron chi connectivity index (χ0n) is 11.9. The van der Waals surface area contributed by atoms with Gasteiger partial charge < -0.3 is 10.4 Å². The molecular weight excluding hydrogens is 272 g/mol. The minimum atomic E-state index is -0.591. The van der Waals surface area contributed by atoms with Gasteiger partial charge in [-0.15, -0.1) is 0 Å². The summed E-state index contributed by atoms with van der Waals surface area (Å²) in [6, 6.07) is 12.8. The SMILES string of the molecule is CC(N[C@@H](CO)Cc1ccccc1)c1ccc(F)cc1F. The second kappa shape index (κ2) is 7.29. The van der Waals surface area contributed by atoms with Crippen LogP contribution in [-0.2, 0) is 6.42 Å². The molecule has 0 aliphatic carbocycles. The molecule has 112 valence electrons. The maximum atomic E-state index is 13.7. The summed E-state index contributed by atoms with van der Waals surface area (Å²) in [7, 11) is 0. The van der Waals surface area contributed by atoms with Crippen molar-refractivity contribution in [2.75, 3.05) is 6.61 Å². The van der Waals surface area contributed by atoms with Crippen LogP contribution in [0.3, 0.4) is 0 Å². The van der Waals surface area contributed by atoms with Crippen LogP contribution in [0.1, 0.15) is 24.1 Å². The Morgan fingerprint density at radius 2 is 1.81 bits per heavy atom. The molecule has 0 aliphatic heterocycles. The van der Waals surface area contributed by atoms with Gasteiger partial charge in [0.05, 0.1) is 6.61 Å². The van der Waals surface area contributed by atoms with Gasteiger partial charge in [-0.1, -0.05) is 36.4 Å². The third-order valence-corrected chi connectivity index (χ3v) is 3.46. The highest BCUT2D eigenvalue weighted by molar-refractivity contribution is 5.22. The summed E-state index contributed by atoms with van der Waals surface area (Å²) in [4.78, 5) is 0. The predicted molar refractivity (Wildman–Crippen MR) is 78.9 cm³/mol. The van der Waals surface area contributed by atoms with E-state index in [1.54, 1.807) is 6.92 Å². The number of halogens is 2. The van der Waals surface area contributed by atoms with Crippen molar-refractivity contribution in [2.45, 2.75) is 25.4 Å². The van der Waals surface area contributed by atoms with Crippen LogP contribution in [0.5, 0.6) is 0 Å². The number of hydrogen-bond acceptors (Lipinski definition) is 2. The summed E-state index contributed by atoms with van der Waals surface area (Å²) in [5.74, 6) is -1.17. The first-order valence-corrected chi connectivity index (χ1v) is 6.96. The lowest BCUT2D eigenvalue weighted by Crippen LogP contribution is -2.36. The lowest BCUT2D eigenvalue weighted by Gasteiger charge is -2.22. The Hall–Kier alpha value is -1.78. The highest BCUT2D eigenvalue weighted by atomic mass is 19.1. The average Bonchev–Trinajstić information content (AvgIpc) is 2.47. The number of rotatable bonds is 6. The van der Waals surface area contributed by atoms with Gasteiger partial charge in [-0.2, -0.15) is 0 Å². The van der Waals surface area contributed by atoms with Gasteiger partial charge in [-0.3, -0.25) is 0 Å². The van der Waals surface area contributed by atoms with Crippen LogP contribution in [-0.4, -0.2) is 17.8 Å². The molecule has 2 atom stereocenters. The zero-order valence-corrected chi connectivity index (χ0v) is 11.9. The summed E-state index contributed by atoms with van der Waals surface area (Å²) in [5.41, 5.74) is 1.48. The molecule has 21 heavy (non-hydrogen) atoms. The van der Waals surface area contributed by atoms with Crippen LogP contribution in [0.15, 0.2) is 48.5 Å². The first-order chi connectivity index (χ1) is 10.1. The highest BCUT2D eigenvalue weighted by Gasteiger charge is 2.16. The van der Waals surface area contributed by atoms with Crippen molar-refractivity contribution in [1.82, 2.24) is 5.32 Å². The van der Waals surface area contributed by atoms with E-state index in [-0.39, 0.29) is 18.7 Å². The second-order valence-corrected chi connectivity index (χ2v) is 5.12. The molecule has 2 rings (SSSR count). The molecule has 2 N–H and O–H groups in total. The normalized spacial score (nSPS) is 13.9. The van der Waals surface area contributed by atoms with Crippen LogP contribution in [0.2, 0.25) is 0 Å². The number of aliphatic hydroxyl groups excluding tert-OH is 1. The molecule has 4 heteroatoms. The van der Waals surface area contributed by atoms with E-state index in [1.165, 1.54) is 12.1 Å². The quantitative estimate of drug-likeness (QED) is 0.856. The molecule has 0 radical (unpaired) electrons. The molecule has 0 aromatic heterocycles. The molecule has 0 saturated carbocycles. The van der Waals surface area contributed by atoms with Crippen LogP contribution in [0.4, 0.5) is 8.78 Å². The minimum Gasteiger partial charge on any atom is -0.395 e. The van der Waals surface area contributed by atoms with Gasteiger partial charge >= 0.3 is 0 Å². The molecule has 0 bridgehead atoms. The van der Waals surface area contributed by atoms with Crippen molar-refractivity contribution in [3.05, 3.63) is 71.3 Å². The Balaban J connectivity index is 2.04. The molecule has 2 aromatic carbocycles. The largest absolute Gasteiger partial charge is 0.395 e. The smallest absolute Gasteiger partial charge is 0.130 e. The number of hydrogen-bond donors (Lipinski definition) is 2. The number of benzene rings is 2. The average molecular weight is 291 g/mol. The first kappa shape index (κ1) is 15.6. The van der Waals surface area contributed by atoms with Crippen molar-refractivity contribution < 1.29 is 13.9 Å². The topological polar surface area (TPSA) is 32.3 Å². The molecule has 0 heterocycles. The standard InChI is InChI=1S/C17H19F2NO/c1-12(16-8-7-14(18)10-17(16)19)20-15(11-21)9-13-5-3-2-4-6-13/h2-8,10,12,15,20-21H,9,11H2,1H3/t12?,15-/m1/s1. The molecule has 0 aliphatic rings. The molecule has 1 unspecified atom stereocenters. The Morgan fingerprint density at radius 3 is 2.43 bits per heavy atom. The number of aliphatic hydroxyl groups is 1. The number of nitrogens with one attached hydrogen (secondary N) is 1. The maximum absolute atomic E-state index is 13.7. The minimum absolute atomic E-state index is 0.0535. The fourth-order valence-corrected chi connectivity index (χ4v) is 2.37. The van der Waals surface area contributed by atoms with Gasteiger partial charge in [0.2, 0.25) is 0 Å². The first-order valence-electron chi connectivity index (χ1n) is 6.96. The van der Waals surface area contributed by atoms with Crippen LogP contribution >= 0.6 is 0 Å². The summed E-state index contributed by atoms with van der Waals surface area (Å²) < 4.78 is 26.7. The molecule has 0 amide bonds. The lowest BCUT2D eigenvalue weighted by atomic mass is 10.0. The van der Waals surface area contributed by atoms with E-state index in [0.29, 0.717) is 12.0 Å². The van der Waals surface area contributed by atoms with E-state index in [0.717, 1.165) is 11.6 Å². The van der Waals surface area contributed by atoms with Crippen molar-refractivity contribution in [3.63, 3.8) is 0 Å². The fraction of sp³-hybridized carbons (Fsp3) is 0.294. The van der Waals surface area contributed by atoms with E-state index in [2.05, 4.69) is 5.32 Å². The third kappa shape index (κ3) is 4.34. The molecule has 0 spiro atoms. The van der Waals surface area contributed by atoms with E-state index < -0.39 is 11.6 Å². The summed E-state index contributed by atoms with van der Waals surface area (Å²) >= 11 is 0. The van der Waals surface area contributed by atoms with Crippen LogP contribution in [0.25, 0.3) is 0 Å². The maximum Gasteiger partial charge on any atom is 0.130 e. The van der Waals surface area contributed by atoms with Crippen molar-refractivity contribution >= 4 is 0 Å². The molecule has 0 saturated heterocycles. The van der Waals surface area contributed by atoms with E-state index in [1.807, 2.05) is 30.3 Å². The summed E-state index contributed by atoms with van der Waals surface area (Å²) in [6.45, 7) is 1.74. The Labute approximate surface area is 123 Å². The van der Waals surface area contributed by atoms with Crippen LogP contribution < -0.4 is 5.32 Å². The Bertz CT molecular complexity index is 574. The lowest BCUT2D eigenvalue weighted by molar-refractivity contribution is 0.232. The zero-order chi connectivity index (χ0) is 15.2. The third-order valence-electron chi connectivity index (χ3n) is 3.46. The van der Waals surface area contributed by atoms with E-state index >= 15 is 0 Å². The Kier molecular flexibility index (Phi) is 5.42. The van der Waals surface area contributed by atoms with Crippen molar-refractivity contribution in [2.24, 2.45) is 0 Å². The summed E-state index contributed by atoms with van der Waals surface area (Å²) in [5, 5.41) is 12.7. The van der Waals surface area contributed by atoms with Gasteiger partial charge in [0.25, 0.3) is 0 Å². The highest BCUT2D eigenvalue weighted by Crippen LogP contribution is 2.18. The molecule has 0 fully saturated rings. The fourth-order valence-electron chi connectivity index (χ4n) is 2.37. The van der Waals surface area contributed by atoms with Gasteiger partial charge in [0, 0.05) is 23.7 Å². The van der Waals surface area contributed by atoms with E-state index in [4.69, 9.17) is 0 Å². The van der Waals surface area contributed by atoms with E-state index in [9.17, 15) is 13.9 Å². The predicted octanol–water partition coefficient (Wildman–Crippen LogP) is 3.22. The molecule has 2 aromatic rings. The van der Waals surface area contributed by atoms with Gasteiger partial charge in [0.1, 0.15) is 11.6 Å². The molecular formula is C17H19F2NO. The second-order valence-electron chi connectivity index (χ2n) is 5.12.